The molecule has 1 N–H and O–H groups in total. The van der Waals surface area contributed by atoms with Gasteiger partial charge in [0, 0.05) is 11.6 Å². The standard InChI is InChI=1S/C9H13NO4/c1-7-6-8(12)10(9(7)13)2-4-14-5-3-11/h6,11H,2-5H2,1H3. The number of nitrogens with zero attached hydrogens (tertiary/aromatic N) is 1. The maximum Gasteiger partial charge on any atom is 0.256 e. The molecule has 14 heavy (non-hydrogen) atoms. The first-order valence-corrected chi connectivity index (χ1v) is 4.39. The highest BCUT2D eigenvalue weighted by atomic mass is 16.5. The van der Waals surface area contributed by atoms with Crippen molar-refractivity contribution in [1.29, 1.82) is 0 Å². The van der Waals surface area contributed by atoms with Crippen LogP contribution in [0.5, 0.6) is 0 Å². The van der Waals surface area contributed by atoms with Crippen LogP contribution in [0, 0.1) is 0 Å². The van der Waals surface area contributed by atoms with E-state index in [-0.39, 0.29) is 38.2 Å². The van der Waals surface area contributed by atoms with Crippen LogP contribution in [-0.4, -0.2) is 48.2 Å². The lowest BCUT2D eigenvalue weighted by Crippen LogP contribution is -2.34. The Bertz CT molecular complexity index is 272. The minimum atomic E-state index is -0.292. The van der Waals surface area contributed by atoms with Crippen LogP contribution in [0.4, 0.5) is 0 Å². The fraction of sp³-hybridized carbons (Fsp3) is 0.556. The Labute approximate surface area is 82.0 Å². The van der Waals surface area contributed by atoms with E-state index in [0.717, 1.165) is 4.90 Å². The normalized spacial score (nSPS) is 16.4. The van der Waals surface area contributed by atoms with Gasteiger partial charge in [-0.3, -0.25) is 14.5 Å². The number of aliphatic hydroxyl groups excluding tert-OH is 1. The van der Waals surface area contributed by atoms with Gasteiger partial charge in [0.1, 0.15) is 0 Å². The zero-order chi connectivity index (χ0) is 10.6. The molecule has 0 aromatic carbocycles. The molecule has 0 saturated carbocycles. The van der Waals surface area contributed by atoms with E-state index < -0.39 is 0 Å². The van der Waals surface area contributed by atoms with Gasteiger partial charge in [0.15, 0.2) is 0 Å². The van der Waals surface area contributed by atoms with Crippen molar-refractivity contribution < 1.29 is 19.4 Å². The van der Waals surface area contributed by atoms with Crippen molar-refractivity contribution in [2.24, 2.45) is 0 Å². The number of imide groups is 1. The third-order valence-electron chi connectivity index (χ3n) is 1.88. The van der Waals surface area contributed by atoms with E-state index >= 15 is 0 Å². The van der Waals surface area contributed by atoms with Crippen LogP contribution in [-0.2, 0) is 14.3 Å². The summed E-state index contributed by atoms with van der Waals surface area (Å²) in [6.45, 7) is 2.28. The summed E-state index contributed by atoms with van der Waals surface area (Å²) in [5, 5.41) is 8.42. The van der Waals surface area contributed by atoms with Gasteiger partial charge < -0.3 is 9.84 Å². The average molecular weight is 199 g/mol. The fourth-order valence-electron chi connectivity index (χ4n) is 1.17. The van der Waals surface area contributed by atoms with Crippen LogP contribution < -0.4 is 0 Å². The Morgan fingerprint density at radius 1 is 1.43 bits per heavy atom. The molecular formula is C9H13NO4. The summed E-state index contributed by atoms with van der Waals surface area (Å²) < 4.78 is 4.96. The van der Waals surface area contributed by atoms with Crippen molar-refractivity contribution >= 4 is 11.8 Å². The molecule has 0 saturated heterocycles. The third-order valence-corrected chi connectivity index (χ3v) is 1.88. The summed E-state index contributed by atoms with van der Waals surface area (Å²) in [6, 6.07) is 0. The van der Waals surface area contributed by atoms with Crippen LogP contribution in [0.3, 0.4) is 0 Å². The first-order valence-electron chi connectivity index (χ1n) is 4.39. The SMILES string of the molecule is CC1=CC(=O)N(CCOCCO)C1=O. The van der Waals surface area contributed by atoms with E-state index in [4.69, 9.17) is 9.84 Å². The molecular weight excluding hydrogens is 186 g/mol. The number of hydrogen-bond acceptors (Lipinski definition) is 4. The minimum absolute atomic E-state index is 0.0564. The lowest BCUT2D eigenvalue weighted by atomic mass is 10.3. The van der Waals surface area contributed by atoms with Crippen molar-refractivity contribution in [1.82, 2.24) is 4.90 Å². The second-order valence-corrected chi connectivity index (χ2v) is 2.96. The van der Waals surface area contributed by atoms with Crippen molar-refractivity contribution in [3.05, 3.63) is 11.6 Å². The largest absolute Gasteiger partial charge is 0.394 e. The maximum atomic E-state index is 11.3. The van der Waals surface area contributed by atoms with Gasteiger partial charge in [-0.2, -0.15) is 0 Å². The summed E-state index contributed by atoms with van der Waals surface area (Å²) in [7, 11) is 0. The molecule has 0 fully saturated rings. The Morgan fingerprint density at radius 3 is 2.64 bits per heavy atom. The first kappa shape index (κ1) is 10.9. The van der Waals surface area contributed by atoms with E-state index in [2.05, 4.69) is 0 Å². The van der Waals surface area contributed by atoms with Gasteiger partial charge in [-0.1, -0.05) is 0 Å². The molecule has 1 aliphatic rings. The molecule has 1 rings (SSSR count). The maximum absolute atomic E-state index is 11.3. The Kier molecular flexibility index (Phi) is 3.79. The van der Waals surface area contributed by atoms with E-state index in [1.807, 2.05) is 0 Å². The van der Waals surface area contributed by atoms with Gasteiger partial charge in [-0.15, -0.1) is 0 Å². The zero-order valence-corrected chi connectivity index (χ0v) is 8.02. The summed E-state index contributed by atoms with van der Waals surface area (Å²) in [5.74, 6) is -0.553. The van der Waals surface area contributed by atoms with Gasteiger partial charge in [0.2, 0.25) is 0 Å². The minimum Gasteiger partial charge on any atom is -0.394 e. The number of ether oxygens (including phenoxy) is 1. The Hall–Kier alpha value is -1.20. The lowest BCUT2D eigenvalue weighted by molar-refractivity contribution is -0.138. The second kappa shape index (κ2) is 4.88. The molecule has 0 spiro atoms. The summed E-state index contributed by atoms with van der Waals surface area (Å²) >= 11 is 0. The summed E-state index contributed by atoms with van der Waals surface area (Å²) in [6.07, 6.45) is 1.31. The van der Waals surface area contributed by atoms with Crippen LogP contribution in [0.25, 0.3) is 0 Å². The fourth-order valence-corrected chi connectivity index (χ4v) is 1.17. The molecule has 0 radical (unpaired) electrons. The van der Waals surface area contributed by atoms with Gasteiger partial charge in [0.25, 0.3) is 11.8 Å². The predicted octanol–water partition coefficient (Wildman–Crippen LogP) is -0.690. The number of aliphatic hydroxyl groups is 1. The highest BCUT2D eigenvalue weighted by Gasteiger charge is 2.27. The quantitative estimate of drug-likeness (QED) is 0.470. The Balaban J connectivity index is 2.33. The number of amides is 2. The molecule has 5 nitrogen and oxygen atoms in total. The van der Waals surface area contributed by atoms with E-state index in [9.17, 15) is 9.59 Å². The van der Waals surface area contributed by atoms with Crippen LogP contribution in [0.2, 0.25) is 0 Å². The van der Waals surface area contributed by atoms with Crippen LogP contribution in [0.15, 0.2) is 11.6 Å². The van der Waals surface area contributed by atoms with Crippen molar-refractivity contribution in [3.8, 4) is 0 Å². The second-order valence-electron chi connectivity index (χ2n) is 2.96. The molecule has 0 unspecified atom stereocenters. The average Bonchev–Trinajstić information content (AvgIpc) is 2.38. The van der Waals surface area contributed by atoms with Gasteiger partial charge in [0.05, 0.1) is 26.4 Å². The van der Waals surface area contributed by atoms with Gasteiger partial charge in [-0.25, -0.2) is 0 Å². The highest BCUT2D eigenvalue weighted by molar-refractivity contribution is 6.15. The molecule has 5 heteroatoms. The summed E-state index contributed by atoms with van der Waals surface area (Å²) in [4.78, 5) is 23.6. The van der Waals surface area contributed by atoms with Gasteiger partial charge in [-0.05, 0) is 6.92 Å². The molecule has 0 bridgehead atoms. The molecule has 78 valence electrons. The number of carbonyl (C=O) groups is 2. The number of rotatable bonds is 5. The zero-order valence-electron chi connectivity index (χ0n) is 8.02. The Morgan fingerprint density at radius 2 is 2.14 bits per heavy atom. The lowest BCUT2D eigenvalue weighted by Gasteiger charge is -2.13. The monoisotopic (exact) mass is 199 g/mol. The predicted molar refractivity (Wildman–Crippen MR) is 48.4 cm³/mol. The smallest absolute Gasteiger partial charge is 0.256 e. The summed E-state index contributed by atoms with van der Waals surface area (Å²) in [5.41, 5.74) is 0.456. The molecule has 0 aliphatic carbocycles. The number of hydrogen-bond donors (Lipinski definition) is 1. The molecule has 0 aromatic heterocycles. The molecule has 2 amide bonds. The first-order chi connectivity index (χ1) is 6.66. The molecule has 0 aromatic rings. The van der Waals surface area contributed by atoms with Crippen molar-refractivity contribution in [2.45, 2.75) is 6.92 Å². The van der Waals surface area contributed by atoms with Crippen LogP contribution in [0.1, 0.15) is 6.92 Å². The van der Waals surface area contributed by atoms with Crippen molar-refractivity contribution in [2.75, 3.05) is 26.4 Å². The highest BCUT2D eigenvalue weighted by Crippen LogP contribution is 2.10. The third kappa shape index (κ3) is 2.40. The van der Waals surface area contributed by atoms with E-state index in [1.54, 1.807) is 6.92 Å². The molecule has 1 heterocycles. The molecule has 1 aliphatic heterocycles. The van der Waals surface area contributed by atoms with E-state index in [1.165, 1.54) is 6.08 Å². The topological polar surface area (TPSA) is 66.8 Å². The van der Waals surface area contributed by atoms with Crippen LogP contribution >= 0.6 is 0 Å². The van der Waals surface area contributed by atoms with Crippen molar-refractivity contribution in [3.63, 3.8) is 0 Å². The van der Waals surface area contributed by atoms with Gasteiger partial charge >= 0.3 is 0 Å². The molecule has 0 atom stereocenters. The van der Waals surface area contributed by atoms with E-state index in [0.29, 0.717) is 5.57 Å². The number of carbonyl (C=O) groups excluding carboxylic acids is 2.